The molecule has 1 aromatic rings. The van der Waals surface area contributed by atoms with Gasteiger partial charge in [0.2, 0.25) is 0 Å². The van der Waals surface area contributed by atoms with Gasteiger partial charge in [-0.1, -0.05) is 17.7 Å². The Labute approximate surface area is 81.7 Å². The summed E-state index contributed by atoms with van der Waals surface area (Å²) in [6.45, 7) is 2.36. The largest absolute Gasteiger partial charge is 0.412 e. The summed E-state index contributed by atoms with van der Waals surface area (Å²) in [5, 5.41) is 3.05. The molecule has 1 aromatic carbocycles. The van der Waals surface area contributed by atoms with Crippen LogP contribution in [0.1, 0.15) is 6.92 Å². The Morgan fingerprint density at radius 1 is 1.62 bits per heavy atom. The van der Waals surface area contributed by atoms with E-state index < -0.39 is 6.09 Å². The van der Waals surface area contributed by atoms with Gasteiger partial charge in [-0.15, -0.1) is 0 Å². The summed E-state index contributed by atoms with van der Waals surface area (Å²) in [6, 6.07) is 6.68. The highest BCUT2D eigenvalue weighted by Gasteiger charge is 2.01. The smallest absolute Gasteiger partial charge is 0.410 e. The van der Waals surface area contributed by atoms with Crippen LogP contribution in [0.4, 0.5) is 4.79 Å². The minimum absolute atomic E-state index is 0.443. The van der Waals surface area contributed by atoms with Crippen LogP contribution in [-0.2, 0) is 0 Å². The van der Waals surface area contributed by atoms with Gasteiger partial charge in [0.25, 0.3) is 0 Å². The molecule has 0 bridgehead atoms. The van der Waals surface area contributed by atoms with Gasteiger partial charge < -0.3 is 10.1 Å². The van der Waals surface area contributed by atoms with Gasteiger partial charge in [-0.2, -0.15) is 0 Å². The molecular weight excluding hydrogens is 190 g/mol. The van der Waals surface area contributed by atoms with Crippen LogP contribution in [0.5, 0.6) is 5.75 Å². The molecule has 3 nitrogen and oxygen atoms in total. The molecule has 0 saturated heterocycles. The Kier molecular flexibility index (Phi) is 3.58. The topological polar surface area (TPSA) is 38.3 Å². The van der Waals surface area contributed by atoms with E-state index in [1.54, 1.807) is 24.3 Å². The molecule has 0 spiro atoms. The quantitative estimate of drug-likeness (QED) is 0.795. The van der Waals surface area contributed by atoms with Crippen LogP contribution in [0.15, 0.2) is 24.3 Å². The first-order valence-electron chi connectivity index (χ1n) is 3.93. The summed E-state index contributed by atoms with van der Waals surface area (Å²) >= 11 is 5.69. The van der Waals surface area contributed by atoms with E-state index in [1.165, 1.54) is 0 Å². The van der Waals surface area contributed by atoms with Crippen molar-refractivity contribution in [2.45, 2.75) is 6.92 Å². The van der Waals surface area contributed by atoms with Crippen molar-refractivity contribution in [3.8, 4) is 5.75 Å². The molecule has 0 atom stereocenters. The monoisotopic (exact) mass is 199 g/mol. The molecule has 0 aliphatic carbocycles. The van der Waals surface area contributed by atoms with E-state index in [9.17, 15) is 4.79 Å². The van der Waals surface area contributed by atoms with Crippen LogP contribution >= 0.6 is 11.6 Å². The first kappa shape index (κ1) is 9.86. The number of halogens is 1. The van der Waals surface area contributed by atoms with E-state index >= 15 is 0 Å². The molecule has 13 heavy (non-hydrogen) atoms. The van der Waals surface area contributed by atoms with Crippen molar-refractivity contribution >= 4 is 17.7 Å². The molecule has 4 heteroatoms. The summed E-state index contributed by atoms with van der Waals surface area (Å²) in [5.41, 5.74) is 0. The van der Waals surface area contributed by atoms with Crippen molar-refractivity contribution < 1.29 is 9.53 Å². The lowest BCUT2D eigenvalue weighted by Gasteiger charge is -2.03. The van der Waals surface area contributed by atoms with Crippen molar-refractivity contribution in [3.63, 3.8) is 0 Å². The Morgan fingerprint density at radius 3 is 3.00 bits per heavy atom. The number of rotatable bonds is 2. The first-order valence-corrected chi connectivity index (χ1v) is 4.31. The van der Waals surface area contributed by atoms with Gasteiger partial charge in [0, 0.05) is 11.6 Å². The van der Waals surface area contributed by atoms with E-state index in [1.807, 2.05) is 6.92 Å². The Morgan fingerprint density at radius 2 is 2.38 bits per heavy atom. The predicted molar refractivity (Wildman–Crippen MR) is 51.2 cm³/mol. The lowest BCUT2D eigenvalue weighted by Crippen LogP contribution is -2.26. The normalized spacial score (nSPS) is 9.38. The van der Waals surface area contributed by atoms with Gasteiger partial charge in [-0.3, -0.25) is 0 Å². The van der Waals surface area contributed by atoms with Gasteiger partial charge in [0.05, 0.1) is 0 Å². The molecule has 1 amide bonds. The van der Waals surface area contributed by atoms with E-state index in [-0.39, 0.29) is 0 Å². The zero-order valence-corrected chi connectivity index (χ0v) is 7.97. The van der Waals surface area contributed by atoms with Crippen molar-refractivity contribution in [1.82, 2.24) is 5.32 Å². The van der Waals surface area contributed by atoms with Crippen molar-refractivity contribution in [1.29, 1.82) is 0 Å². The molecule has 0 aromatic heterocycles. The number of hydrogen-bond acceptors (Lipinski definition) is 2. The predicted octanol–water partition coefficient (Wildman–Crippen LogP) is 2.45. The molecule has 70 valence electrons. The molecule has 0 unspecified atom stereocenters. The van der Waals surface area contributed by atoms with Crippen LogP contribution in [0.3, 0.4) is 0 Å². The average Bonchev–Trinajstić information content (AvgIpc) is 2.04. The van der Waals surface area contributed by atoms with Crippen LogP contribution in [0, 0.1) is 0 Å². The van der Waals surface area contributed by atoms with Gasteiger partial charge in [0.15, 0.2) is 0 Å². The third-order valence-electron chi connectivity index (χ3n) is 1.33. The molecule has 0 saturated carbocycles. The maximum absolute atomic E-state index is 10.9. The number of benzene rings is 1. The van der Waals surface area contributed by atoms with E-state index in [2.05, 4.69) is 5.32 Å². The standard InChI is InChI=1S/C9H10ClNO2/c1-2-11-9(12)13-8-5-3-4-7(10)6-8/h3-6H,2H2,1H3,(H,11,12). The maximum atomic E-state index is 10.9. The lowest BCUT2D eigenvalue weighted by atomic mass is 10.3. The highest BCUT2D eigenvalue weighted by Crippen LogP contribution is 2.16. The summed E-state index contributed by atoms with van der Waals surface area (Å²) in [6.07, 6.45) is -0.468. The minimum atomic E-state index is -0.468. The summed E-state index contributed by atoms with van der Waals surface area (Å²) < 4.78 is 4.90. The Hall–Kier alpha value is -1.22. The lowest BCUT2D eigenvalue weighted by molar-refractivity contribution is 0.201. The average molecular weight is 200 g/mol. The summed E-state index contributed by atoms with van der Waals surface area (Å²) in [4.78, 5) is 10.9. The molecule has 0 radical (unpaired) electrons. The summed E-state index contributed by atoms with van der Waals surface area (Å²) in [5.74, 6) is 0.443. The molecule has 0 aliphatic heterocycles. The van der Waals surface area contributed by atoms with E-state index in [0.29, 0.717) is 17.3 Å². The molecule has 1 rings (SSSR count). The van der Waals surface area contributed by atoms with Crippen LogP contribution in [0.2, 0.25) is 5.02 Å². The highest BCUT2D eigenvalue weighted by atomic mass is 35.5. The number of carbonyl (C=O) groups excluding carboxylic acids is 1. The van der Waals surface area contributed by atoms with Gasteiger partial charge in [-0.05, 0) is 25.1 Å². The van der Waals surface area contributed by atoms with Crippen molar-refractivity contribution in [3.05, 3.63) is 29.3 Å². The molecule has 1 N–H and O–H groups in total. The second-order valence-corrected chi connectivity index (χ2v) is 2.81. The molecule has 0 fully saturated rings. The fourth-order valence-electron chi connectivity index (χ4n) is 0.818. The number of carbonyl (C=O) groups is 1. The first-order chi connectivity index (χ1) is 6.22. The zero-order valence-electron chi connectivity index (χ0n) is 7.21. The number of nitrogens with one attached hydrogen (secondary N) is 1. The fourth-order valence-corrected chi connectivity index (χ4v) is 0.998. The SMILES string of the molecule is CCNC(=O)Oc1cccc(Cl)c1. The third-order valence-corrected chi connectivity index (χ3v) is 1.56. The highest BCUT2D eigenvalue weighted by molar-refractivity contribution is 6.30. The van der Waals surface area contributed by atoms with Crippen LogP contribution in [0.25, 0.3) is 0 Å². The molecule has 0 heterocycles. The van der Waals surface area contributed by atoms with Gasteiger partial charge >= 0.3 is 6.09 Å². The van der Waals surface area contributed by atoms with Gasteiger partial charge in [0.1, 0.15) is 5.75 Å². The van der Waals surface area contributed by atoms with E-state index in [0.717, 1.165) is 0 Å². The molecular formula is C9H10ClNO2. The Bertz CT molecular complexity index is 301. The fraction of sp³-hybridized carbons (Fsp3) is 0.222. The second-order valence-electron chi connectivity index (χ2n) is 2.38. The molecule has 0 aliphatic rings. The maximum Gasteiger partial charge on any atom is 0.412 e. The zero-order chi connectivity index (χ0) is 9.68. The minimum Gasteiger partial charge on any atom is -0.410 e. The van der Waals surface area contributed by atoms with Gasteiger partial charge in [-0.25, -0.2) is 4.79 Å². The second kappa shape index (κ2) is 4.72. The van der Waals surface area contributed by atoms with E-state index in [4.69, 9.17) is 16.3 Å². The van der Waals surface area contributed by atoms with Crippen LogP contribution in [-0.4, -0.2) is 12.6 Å². The summed E-state index contributed by atoms with van der Waals surface area (Å²) in [7, 11) is 0. The third kappa shape index (κ3) is 3.34. The number of amides is 1. The Balaban J connectivity index is 2.58. The number of hydrogen-bond donors (Lipinski definition) is 1. The van der Waals surface area contributed by atoms with Crippen molar-refractivity contribution in [2.75, 3.05) is 6.54 Å². The van der Waals surface area contributed by atoms with Crippen LogP contribution < -0.4 is 10.1 Å². The van der Waals surface area contributed by atoms with Crippen molar-refractivity contribution in [2.24, 2.45) is 0 Å². The number of ether oxygens (including phenoxy) is 1.